The monoisotopic (exact) mass is 350 g/mol. The van der Waals surface area contributed by atoms with E-state index >= 15 is 0 Å². The maximum absolute atomic E-state index is 6.14. The lowest BCUT2D eigenvalue weighted by Gasteiger charge is -2.32. The van der Waals surface area contributed by atoms with Crippen LogP contribution in [0.3, 0.4) is 0 Å². The predicted molar refractivity (Wildman–Crippen MR) is 103 cm³/mol. The standard InChI is InChI=1S/C21H27BN2O2/c1-20(2)21(3,4)26-22(25-20)17-7-5-13(6-8-17)18-12-23-19(24-18)16-10-14-9-15(14)11-16/h5-8,12,14-16H,9-11H2,1-4H3,(H,23,24). The second-order valence-electron chi connectivity index (χ2n) is 9.32. The average Bonchev–Trinajstić information content (AvgIpc) is 2.98. The quantitative estimate of drug-likeness (QED) is 0.855. The molecule has 0 bridgehead atoms. The molecule has 2 atom stereocenters. The third kappa shape index (κ3) is 2.64. The Morgan fingerprint density at radius 2 is 1.58 bits per heavy atom. The fraction of sp³-hybridized carbons (Fsp3) is 0.571. The van der Waals surface area contributed by atoms with Gasteiger partial charge in [0.15, 0.2) is 0 Å². The molecule has 0 radical (unpaired) electrons. The highest BCUT2D eigenvalue weighted by Gasteiger charge is 2.51. The molecule has 0 amide bonds. The van der Waals surface area contributed by atoms with E-state index < -0.39 is 0 Å². The molecular weight excluding hydrogens is 323 g/mol. The van der Waals surface area contributed by atoms with Gasteiger partial charge in [0.25, 0.3) is 0 Å². The van der Waals surface area contributed by atoms with Crippen LogP contribution in [0.5, 0.6) is 0 Å². The van der Waals surface area contributed by atoms with Crippen molar-refractivity contribution in [1.29, 1.82) is 0 Å². The molecule has 2 heterocycles. The van der Waals surface area contributed by atoms with Crippen molar-refractivity contribution >= 4 is 12.6 Å². The van der Waals surface area contributed by atoms with E-state index in [2.05, 4.69) is 61.9 Å². The van der Waals surface area contributed by atoms with Gasteiger partial charge in [0.1, 0.15) is 5.82 Å². The number of benzene rings is 1. The van der Waals surface area contributed by atoms with Gasteiger partial charge < -0.3 is 14.3 Å². The lowest BCUT2D eigenvalue weighted by molar-refractivity contribution is 0.00578. The molecule has 2 aliphatic carbocycles. The molecule has 3 fully saturated rings. The molecule has 2 aromatic rings. The molecule has 5 heteroatoms. The molecule has 136 valence electrons. The van der Waals surface area contributed by atoms with Gasteiger partial charge in [-0.05, 0) is 69.8 Å². The fourth-order valence-corrected chi connectivity index (χ4v) is 4.43. The van der Waals surface area contributed by atoms with Crippen LogP contribution in [0.15, 0.2) is 30.5 Å². The molecular formula is C21H27BN2O2. The van der Waals surface area contributed by atoms with Gasteiger partial charge in [-0.1, -0.05) is 24.3 Å². The molecule has 1 aliphatic heterocycles. The van der Waals surface area contributed by atoms with E-state index in [9.17, 15) is 0 Å². The minimum Gasteiger partial charge on any atom is -0.399 e. The Morgan fingerprint density at radius 1 is 0.962 bits per heavy atom. The summed E-state index contributed by atoms with van der Waals surface area (Å²) in [5.41, 5.74) is 2.70. The third-order valence-electron chi connectivity index (χ3n) is 6.97. The summed E-state index contributed by atoms with van der Waals surface area (Å²) in [6, 6.07) is 8.46. The largest absolute Gasteiger partial charge is 0.494 e. The van der Waals surface area contributed by atoms with Crippen LogP contribution in [0.4, 0.5) is 0 Å². The van der Waals surface area contributed by atoms with Crippen LogP contribution >= 0.6 is 0 Å². The van der Waals surface area contributed by atoms with Crippen LogP contribution in [0.2, 0.25) is 0 Å². The minimum absolute atomic E-state index is 0.309. The van der Waals surface area contributed by atoms with Crippen molar-refractivity contribution in [2.45, 2.75) is 64.1 Å². The van der Waals surface area contributed by atoms with Gasteiger partial charge in [-0.25, -0.2) is 4.98 Å². The number of nitrogens with one attached hydrogen (secondary N) is 1. The number of aromatic amines is 1. The number of fused-ring (bicyclic) bond motifs is 1. The molecule has 2 saturated carbocycles. The highest BCUT2D eigenvalue weighted by molar-refractivity contribution is 6.62. The van der Waals surface area contributed by atoms with Crippen molar-refractivity contribution in [2.75, 3.05) is 0 Å². The van der Waals surface area contributed by atoms with Crippen molar-refractivity contribution in [3.8, 4) is 11.3 Å². The molecule has 2 unspecified atom stereocenters. The molecule has 0 spiro atoms. The Hall–Kier alpha value is -1.59. The van der Waals surface area contributed by atoms with E-state index in [0.717, 1.165) is 28.6 Å². The predicted octanol–water partition coefficient (Wildman–Crippen LogP) is 3.89. The number of aromatic nitrogens is 2. The smallest absolute Gasteiger partial charge is 0.399 e. The number of nitrogens with zero attached hydrogens (tertiary/aromatic N) is 1. The van der Waals surface area contributed by atoms with Gasteiger partial charge in [-0.3, -0.25) is 0 Å². The zero-order valence-electron chi connectivity index (χ0n) is 16.1. The maximum Gasteiger partial charge on any atom is 0.494 e. The van der Waals surface area contributed by atoms with Crippen molar-refractivity contribution in [3.05, 3.63) is 36.3 Å². The van der Waals surface area contributed by atoms with Gasteiger partial charge in [-0.15, -0.1) is 0 Å². The first-order valence-electron chi connectivity index (χ1n) is 9.83. The summed E-state index contributed by atoms with van der Waals surface area (Å²) in [6.45, 7) is 8.34. The van der Waals surface area contributed by atoms with Crippen molar-refractivity contribution in [1.82, 2.24) is 9.97 Å². The normalized spacial score (nSPS) is 31.2. The number of hydrogen-bond acceptors (Lipinski definition) is 3. The summed E-state index contributed by atoms with van der Waals surface area (Å²) in [4.78, 5) is 8.22. The molecule has 1 saturated heterocycles. The topological polar surface area (TPSA) is 47.1 Å². The van der Waals surface area contributed by atoms with Gasteiger partial charge in [-0.2, -0.15) is 0 Å². The van der Waals surface area contributed by atoms with Crippen LogP contribution in [0.25, 0.3) is 11.3 Å². The van der Waals surface area contributed by atoms with E-state index in [4.69, 9.17) is 9.31 Å². The lowest BCUT2D eigenvalue weighted by atomic mass is 9.79. The summed E-state index contributed by atoms with van der Waals surface area (Å²) in [5, 5.41) is 0. The third-order valence-corrected chi connectivity index (χ3v) is 6.97. The Bertz CT molecular complexity index is 801. The average molecular weight is 350 g/mol. The first-order chi connectivity index (χ1) is 12.3. The van der Waals surface area contributed by atoms with E-state index in [0.29, 0.717) is 5.92 Å². The Labute approximate surface area is 155 Å². The van der Waals surface area contributed by atoms with Crippen molar-refractivity contribution in [2.24, 2.45) is 11.8 Å². The zero-order valence-corrected chi connectivity index (χ0v) is 16.1. The van der Waals surface area contributed by atoms with Crippen LogP contribution in [0, 0.1) is 11.8 Å². The summed E-state index contributed by atoms with van der Waals surface area (Å²) in [5.74, 6) is 3.76. The van der Waals surface area contributed by atoms with E-state index in [1.54, 1.807) is 0 Å². The highest BCUT2D eigenvalue weighted by atomic mass is 16.7. The van der Waals surface area contributed by atoms with Gasteiger partial charge in [0.05, 0.1) is 23.1 Å². The molecule has 1 aromatic heterocycles. The van der Waals surface area contributed by atoms with Gasteiger partial charge >= 0.3 is 7.12 Å². The van der Waals surface area contributed by atoms with Gasteiger partial charge in [0, 0.05) is 5.92 Å². The second kappa shape index (κ2) is 5.46. The molecule has 26 heavy (non-hydrogen) atoms. The van der Waals surface area contributed by atoms with Crippen molar-refractivity contribution < 1.29 is 9.31 Å². The first kappa shape index (κ1) is 16.6. The Morgan fingerprint density at radius 3 is 2.19 bits per heavy atom. The van der Waals surface area contributed by atoms with Crippen LogP contribution in [-0.4, -0.2) is 28.3 Å². The SMILES string of the molecule is CC1(C)OB(c2ccc(-c3cnc(C4CC5CC5C4)[nH]3)cc2)OC1(C)C. The van der Waals surface area contributed by atoms with Crippen LogP contribution in [0.1, 0.15) is 58.7 Å². The lowest BCUT2D eigenvalue weighted by Crippen LogP contribution is -2.41. The Kier molecular flexibility index (Phi) is 3.48. The molecule has 4 nitrogen and oxygen atoms in total. The van der Waals surface area contributed by atoms with Gasteiger partial charge in [0.2, 0.25) is 0 Å². The molecule has 1 aromatic carbocycles. The number of rotatable bonds is 3. The van der Waals surface area contributed by atoms with E-state index in [1.807, 2.05) is 6.20 Å². The second-order valence-corrected chi connectivity index (χ2v) is 9.32. The molecule has 5 rings (SSSR count). The van der Waals surface area contributed by atoms with Crippen LogP contribution < -0.4 is 5.46 Å². The minimum atomic E-state index is -0.309. The summed E-state index contributed by atoms with van der Waals surface area (Å²) in [6.07, 6.45) is 6.06. The fourth-order valence-electron chi connectivity index (χ4n) is 4.43. The van der Waals surface area contributed by atoms with Crippen LogP contribution in [-0.2, 0) is 9.31 Å². The highest BCUT2D eigenvalue weighted by Crippen LogP contribution is 2.57. The van der Waals surface area contributed by atoms with E-state index in [-0.39, 0.29) is 18.3 Å². The summed E-state index contributed by atoms with van der Waals surface area (Å²) in [7, 11) is -0.309. The van der Waals surface area contributed by atoms with Crippen molar-refractivity contribution in [3.63, 3.8) is 0 Å². The molecule has 1 N–H and O–H groups in total. The van der Waals surface area contributed by atoms with E-state index in [1.165, 1.54) is 25.1 Å². The summed E-state index contributed by atoms with van der Waals surface area (Å²) < 4.78 is 12.3. The zero-order chi connectivity index (χ0) is 18.1. The molecule has 3 aliphatic rings. The number of H-pyrrole nitrogens is 1. The number of imidazole rings is 1. The Balaban J connectivity index is 1.32. The number of hydrogen-bond donors (Lipinski definition) is 1. The first-order valence-corrected chi connectivity index (χ1v) is 9.83. The summed E-state index contributed by atoms with van der Waals surface area (Å²) >= 11 is 0. The maximum atomic E-state index is 6.14.